The maximum atomic E-state index is 13.2. The van der Waals surface area contributed by atoms with Gasteiger partial charge in [-0.3, -0.25) is 4.72 Å². The maximum absolute atomic E-state index is 13.2. The Hall–Kier alpha value is -3.66. The number of methoxy groups -OCH3 is 3. The number of nitrogens with zero attached hydrogens (tertiary/aromatic N) is 1. The lowest BCUT2D eigenvalue weighted by Gasteiger charge is -2.14. The number of sulfonamides is 1. The van der Waals surface area contributed by atoms with Crippen LogP contribution < -0.4 is 18.9 Å². The van der Waals surface area contributed by atoms with Crippen molar-refractivity contribution in [2.75, 3.05) is 26.1 Å². The van der Waals surface area contributed by atoms with Crippen LogP contribution in [0, 0.1) is 0 Å². The summed E-state index contributed by atoms with van der Waals surface area (Å²) < 4.78 is 55.8. The Kier molecular flexibility index (Phi) is 5.47. The van der Waals surface area contributed by atoms with Crippen molar-refractivity contribution in [1.29, 1.82) is 0 Å². The number of benzene rings is 2. The van der Waals surface area contributed by atoms with Gasteiger partial charge in [0.2, 0.25) is 0 Å². The van der Waals surface area contributed by atoms with Crippen LogP contribution in [0.25, 0.3) is 11.0 Å². The van der Waals surface area contributed by atoms with Gasteiger partial charge in [-0.25, -0.2) is 13.4 Å². The lowest BCUT2D eigenvalue weighted by Crippen LogP contribution is -2.15. The summed E-state index contributed by atoms with van der Waals surface area (Å²) in [5.41, 5.74) is 1.51. The van der Waals surface area contributed by atoms with Gasteiger partial charge in [-0.05, 0) is 29.8 Å². The lowest BCUT2D eigenvalue weighted by atomic mass is 10.1. The fraction of sp³-hybridized carbons (Fsp3) is 0.190. The van der Waals surface area contributed by atoms with E-state index in [4.69, 9.17) is 23.0 Å². The van der Waals surface area contributed by atoms with Gasteiger partial charge in [-0.2, -0.15) is 0 Å². The Morgan fingerprint density at radius 3 is 2.32 bits per heavy atom. The van der Waals surface area contributed by atoms with Crippen LogP contribution in [0.2, 0.25) is 0 Å². The van der Waals surface area contributed by atoms with Crippen molar-refractivity contribution in [3.05, 3.63) is 60.5 Å². The van der Waals surface area contributed by atoms with Gasteiger partial charge in [0.1, 0.15) is 35.4 Å². The first-order valence-corrected chi connectivity index (χ1v) is 10.7. The van der Waals surface area contributed by atoms with E-state index >= 15 is 0 Å². The minimum absolute atomic E-state index is 0.117. The first kappa shape index (κ1) is 20.6. The number of fused-ring (bicyclic) bond motifs is 1. The van der Waals surface area contributed by atoms with Crippen molar-refractivity contribution < 1.29 is 31.5 Å². The smallest absolute Gasteiger partial charge is 0.269 e. The highest BCUT2D eigenvalue weighted by molar-refractivity contribution is 7.93. The molecule has 2 aromatic heterocycles. The topological polar surface area (TPSA) is 113 Å². The Morgan fingerprint density at radius 2 is 1.71 bits per heavy atom. The molecule has 162 valence electrons. The largest absolute Gasteiger partial charge is 0.496 e. The normalized spacial score (nSPS) is 11.5. The molecule has 0 saturated heterocycles. The van der Waals surface area contributed by atoms with Gasteiger partial charge < -0.3 is 23.0 Å². The van der Waals surface area contributed by atoms with Crippen LogP contribution in [0.15, 0.2) is 62.8 Å². The molecule has 0 amide bonds. The third-order valence-corrected chi connectivity index (χ3v) is 6.08. The van der Waals surface area contributed by atoms with Gasteiger partial charge in [0.05, 0.1) is 38.6 Å². The number of rotatable bonds is 8. The van der Waals surface area contributed by atoms with Crippen molar-refractivity contribution in [2.24, 2.45) is 0 Å². The minimum Gasteiger partial charge on any atom is -0.496 e. The van der Waals surface area contributed by atoms with Crippen molar-refractivity contribution in [1.82, 2.24) is 4.98 Å². The van der Waals surface area contributed by atoms with E-state index in [1.54, 1.807) is 36.5 Å². The van der Waals surface area contributed by atoms with E-state index < -0.39 is 10.0 Å². The molecule has 31 heavy (non-hydrogen) atoms. The highest BCUT2D eigenvalue weighted by Crippen LogP contribution is 2.39. The molecule has 2 aromatic carbocycles. The van der Waals surface area contributed by atoms with Crippen LogP contribution in [-0.2, 0) is 16.4 Å². The van der Waals surface area contributed by atoms with Crippen LogP contribution in [-0.4, -0.2) is 34.7 Å². The molecule has 10 heteroatoms. The summed E-state index contributed by atoms with van der Waals surface area (Å²) in [6.45, 7) is 0. The zero-order valence-electron chi connectivity index (χ0n) is 17.0. The van der Waals surface area contributed by atoms with E-state index in [1.165, 1.54) is 33.9 Å². The standard InChI is InChI=1S/C21H20N2O7S/c1-26-15-5-4-6-16(27-2)21(15)31(24,25)23-14-12-30-18-10-13(9-17(28-3)20(14)18)11-19-22-7-8-29-19/h4-10,12,23H,11H2,1-3H3. The first-order valence-electron chi connectivity index (χ1n) is 9.17. The summed E-state index contributed by atoms with van der Waals surface area (Å²) in [4.78, 5) is 4.00. The molecule has 0 radical (unpaired) electrons. The zero-order valence-corrected chi connectivity index (χ0v) is 17.9. The quantitative estimate of drug-likeness (QED) is 0.436. The van der Waals surface area contributed by atoms with Gasteiger partial charge in [0.15, 0.2) is 10.8 Å². The second-order valence-corrected chi connectivity index (χ2v) is 8.14. The molecule has 0 unspecified atom stereocenters. The van der Waals surface area contributed by atoms with Crippen LogP contribution in [0.5, 0.6) is 17.2 Å². The van der Waals surface area contributed by atoms with Gasteiger partial charge >= 0.3 is 0 Å². The summed E-state index contributed by atoms with van der Waals surface area (Å²) in [7, 11) is 0.198. The molecular formula is C21H20N2O7S. The Morgan fingerprint density at radius 1 is 1.00 bits per heavy atom. The number of oxazole rings is 1. The summed E-state index contributed by atoms with van der Waals surface area (Å²) >= 11 is 0. The Balaban J connectivity index is 1.76. The molecule has 4 rings (SSSR count). The molecule has 0 atom stereocenters. The third-order valence-electron chi connectivity index (χ3n) is 4.65. The number of hydrogen-bond donors (Lipinski definition) is 1. The zero-order chi connectivity index (χ0) is 22.0. The van der Waals surface area contributed by atoms with E-state index in [9.17, 15) is 8.42 Å². The predicted octanol–water partition coefficient (Wildman–Crippen LogP) is 3.84. The van der Waals surface area contributed by atoms with Gasteiger partial charge in [-0.1, -0.05) is 6.07 Å². The molecule has 0 aliphatic rings. The first-order chi connectivity index (χ1) is 15.0. The highest BCUT2D eigenvalue weighted by Gasteiger charge is 2.27. The van der Waals surface area contributed by atoms with E-state index in [0.717, 1.165) is 5.56 Å². The highest BCUT2D eigenvalue weighted by atomic mass is 32.2. The molecule has 9 nitrogen and oxygen atoms in total. The summed E-state index contributed by atoms with van der Waals surface area (Å²) in [6, 6.07) is 8.29. The second-order valence-electron chi connectivity index (χ2n) is 6.52. The van der Waals surface area contributed by atoms with Crippen LogP contribution in [0.4, 0.5) is 5.69 Å². The molecule has 2 heterocycles. The van der Waals surface area contributed by atoms with Crippen molar-refractivity contribution in [2.45, 2.75) is 11.3 Å². The van der Waals surface area contributed by atoms with Gasteiger partial charge in [0, 0.05) is 6.42 Å². The van der Waals surface area contributed by atoms with Crippen LogP contribution in [0.1, 0.15) is 11.5 Å². The average Bonchev–Trinajstić information content (AvgIpc) is 3.42. The van der Waals surface area contributed by atoms with Gasteiger partial charge in [0.25, 0.3) is 10.0 Å². The number of aromatic nitrogens is 1. The van der Waals surface area contributed by atoms with Crippen LogP contribution >= 0.6 is 0 Å². The van der Waals surface area contributed by atoms with Gasteiger partial charge in [-0.15, -0.1) is 0 Å². The average molecular weight is 444 g/mol. The lowest BCUT2D eigenvalue weighted by molar-refractivity contribution is 0.373. The summed E-state index contributed by atoms with van der Waals surface area (Å²) in [5.74, 6) is 1.29. The third kappa shape index (κ3) is 3.89. The molecule has 0 fully saturated rings. The Labute approximate surface area is 178 Å². The fourth-order valence-electron chi connectivity index (χ4n) is 3.31. The SMILES string of the molecule is COc1cccc(OC)c1S(=O)(=O)Nc1coc2cc(Cc3ncco3)cc(OC)c12. The monoisotopic (exact) mass is 444 g/mol. The molecule has 0 saturated carbocycles. The maximum Gasteiger partial charge on any atom is 0.269 e. The van der Waals surface area contributed by atoms with E-state index in [2.05, 4.69) is 9.71 Å². The van der Waals surface area contributed by atoms with E-state index in [1.807, 2.05) is 0 Å². The molecular weight excluding hydrogens is 424 g/mol. The summed E-state index contributed by atoms with van der Waals surface area (Å²) in [5, 5.41) is 0.482. The molecule has 4 aromatic rings. The Bertz CT molecular complexity index is 1290. The number of furan rings is 1. The molecule has 1 N–H and O–H groups in total. The fourth-order valence-corrected chi connectivity index (χ4v) is 4.69. The number of hydrogen-bond acceptors (Lipinski definition) is 8. The minimum atomic E-state index is -4.08. The van der Waals surface area contributed by atoms with Crippen molar-refractivity contribution >= 4 is 26.7 Å². The van der Waals surface area contributed by atoms with Crippen molar-refractivity contribution in [3.63, 3.8) is 0 Å². The predicted molar refractivity (Wildman–Crippen MR) is 112 cm³/mol. The molecule has 0 aliphatic heterocycles. The van der Waals surface area contributed by atoms with E-state index in [-0.39, 0.29) is 22.1 Å². The number of nitrogens with one attached hydrogen (secondary N) is 1. The number of ether oxygens (including phenoxy) is 3. The molecule has 0 bridgehead atoms. The van der Waals surface area contributed by atoms with Crippen molar-refractivity contribution in [3.8, 4) is 17.2 Å². The van der Waals surface area contributed by atoms with Crippen LogP contribution in [0.3, 0.4) is 0 Å². The second kappa shape index (κ2) is 8.23. The molecule has 0 spiro atoms. The summed E-state index contributed by atoms with van der Waals surface area (Å²) in [6.07, 6.45) is 4.81. The van der Waals surface area contributed by atoms with E-state index in [0.29, 0.717) is 29.0 Å². The molecule has 0 aliphatic carbocycles. The number of anilines is 1.